The second-order valence-electron chi connectivity index (χ2n) is 27.1. The van der Waals surface area contributed by atoms with Gasteiger partial charge in [0, 0.05) is 122 Å². The molecule has 12 aromatic rings. The van der Waals surface area contributed by atoms with Crippen LogP contribution in [0.5, 0.6) is 0 Å². The molecule has 107 heavy (non-hydrogen) atoms. The molecule has 0 fully saturated rings. The summed E-state index contributed by atoms with van der Waals surface area (Å²) >= 11 is 37.5. The van der Waals surface area contributed by atoms with Gasteiger partial charge in [-0.2, -0.15) is 5.26 Å². The van der Waals surface area contributed by atoms with E-state index in [0.717, 1.165) is 123 Å². The number of methoxy groups -OCH3 is 1. The van der Waals surface area contributed by atoms with E-state index >= 15 is 0 Å². The van der Waals surface area contributed by atoms with Gasteiger partial charge in [-0.1, -0.05) is 144 Å². The van der Waals surface area contributed by atoms with Gasteiger partial charge in [-0.15, -0.1) is 11.6 Å². The molecule has 4 aliphatic heterocycles. The van der Waals surface area contributed by atoms with Gasteiger partial charge in [0.05, 0.1) is 36.8 Å². The number of nitriles is 1. The van der Waals surface area contributed by atoms with Crippen LogP contribution >= 0.6 is 89.9 Å². The normalized spacial score (nSPS) is 16.5. The minimum atomic E-state index is -0.344. The Morgan fingerprint density at radius 2 is 0.738 bits per heavy atom. The monoisotopic (exact) mass is 1660 g/mol. The maximum absolute atomic E-state index is 12.8. The Bertz CT molecular complexity index is 5330. The molecule has 0 radical (unpaired) electrons. The summed E-state index contributed by atoms with van der Waals surface area (Å²) in [6, 6.07) is 56.2. The Labute approximate surface area is 661 Å². The van der Waals surface area contributed by atoms with Crippen LogP contribution in [0.15, 0.2) is 179 Å². The zero-order valence-electron chi connectivity index (χ0n) is 59.3. The first-order valence-electron chi connectivity index (χ1n) is 35.1. The lowest BCUT2D eigenvalue weighted by Gasteiger charge is -2.35. The van der Waals surface area contributed by atoms with Crippen molar-refractivity contribution in [2.75, 3.05) is 45.8 Å². The largest absolute Gasteiger partial charge is 0.453 e. The standard InChI is InChI=1S/C22H20ClN3O2.C21H20BrClN2O2.C21H20Cl2N2O2.C19H16BrClN2O2/c1-13(2)28-22(27)26-10-9-17-18-11-16(23)7-8-19(18)25-20(17)21(26)15-5-3-14(12-24)4-6-15;1-12(2)27-21(26)25-10-9-16-17-11-15(23)7-8-18(17)24-19(16)20(25)13-3-5-14(22)6-4-13;1-13-2-4-14(5-3-13)20-19-16(8-10-25(20)21(26)27-11-9-22)17-12-15(23)6-7-18(17)24-19;1-25-19(24)23-9-8-14-15-10-13(21)6-7-16(15)22-17(14)18(23)11-2-4-12(20)5-3-11/h3-8,11,13,21,25H,9-10H2,1-2H3;3-8,11-12,20,24H,9-10H2,1-2H3;2-7,12,20,24H,8-11H2,1H3;2-7,10,18,22H,8-9H2,1H3. The van der Waals surface area contributed by atoms with Gasteiger partial charge in [0.25, 0.3) is 0 Å². The second kappa shape index (κ2) is 33.2. The maximum Gasteiger partial charge on any atom is 0.410 e. The van der Waals surface area contributed by atoms with Crippen molar-refractivity contribution in [2.45, 2.75) is 96.7 Å². The molecular weight excluding hydrogens is 1590 g/mol. The van der Waals surface area contributed by atoms with Crippen LogP contribution in [0.2, 0.25) is 20.1 Å². The highest BCUT2D eigenvalue weighted by Crippen LogP contribution is 2.45. The minimum Gasteiger partial charge on any atom is -0.453 e. The average molecular weight is 1660 g/mol. The molecule has 550 valence electrons. The highest BCUT2D eigenvalue weighted by molar-refractivity contribution is 9.10. The van der Waals surface area contributed by atoms with Crippen molar-refractivity contribution in [1.29, 1.82) is 5.26 Å². The molecule has 0 aliphatic carbocycles. The van der Waals surface area contributed by atoms with Gasteiger partial charge in [0.15, 0.2) is 0 Å². The number of aromatic nitrogens is 4. The van der Waals surface area contributed by atoms with Crippen LogP contribution in [-0.4, -0.2) is 122 Å². The number of H-pyrrole nitrogens is 4. The number of hydrogen-bond donors (Lipinski definition) is 4. The number of carbonyl (C=O) groups is 4. The fourth-order valence-electron chi connectivity index (χ4n) is 14.9. The summed E-state index contributed by atoms with van der Waals surface area (Å²) in [4.78, 5) is 71.8. The number of halogens is 7. The van der Waals surface area contributed by atoms with Crippen LogP contribution in [0.1, 0.15) is 130 Å². The number of benzene rings is 8. The number of nitrogens with zero attached hydrogens (tertiary/aromatic N) is 5. The number of rotatable bonds is 8. The number of aromatic amines is 4. The predicted molar refractivity (Wildman–Crippen MR) is 431 cm³/mol. The smallest absolute Gasteiger partial charge is 0.410 e. The number of nitrogens with one attached hydrogen (secondary N) is 4. The molecule has 0 spiro atoms. The van der Waals surface area contributed by atoms with Crippen LogP contribution in [0.3, 0.4) is 0 Å². The Morgan fingerprint density at radius 1 is 0.449 bits per heavy atom. The van der Waals surface area contributed by atoms with Crippen molar-refractivity contribution >= 4 is 158 Å². The number of hydrogen-bond acceptors (Lipinski definition) is 9. The molecule has 4 atom stereocenters. The summed E-state index contributed by atoms with van der Waals surface area (Å²) in [7, 11) is 1.42. The van der Waals surface area contributed by atoms with Gasteiger partial charge in [-0.3, -0.25) is 19.6 Å². The van der Waals surface area contributed by atoms with Crippen LogP contribution in [0, 0.1) is 18.3 Å². The number of fused-ring (bicyclic) bond motifs is 12. The van der Waals surface area contributed by atoms with E-state index < -0.39 is 0 Å². The van der Waals surface area contributed by atoms with Crippen LogP contribution in [0.4, 0.5) is 19.2 Å². The summed E-state index contributed by atoms with van der Waals surface area (Å²) in [6.07, 6.45) is 1.32. The molecule has 4 unspecified atom stereocenters. The van der Waals surface area contributed by atoms with Crippen molar-refractivity contribution in [2.24, 2.45) is 0 Å². The van der Waals surface area contributed by atoms with Crippen molar-refractivity contribution < 1.29 is 38.1 Å². The third kappa shape index (κ3) is 16.4. The van der Waals surface area contributed by atoms with Gasteiger partial charge in [0.1, 0.15) is 30.8 Å². The molecule has 0 saturated heterocycles. The fraction of sp³-hybridized carbons (Fsp3) is 0.265. The van der Waals surface area contributed by atoms with Crippen molar-refractivity contribution in [3.05, 3.63) is 277 Å². The summed E-state index contributed by atoms with van der Waals surface area (Å²) in [5.41, 5.74) is 18.7. The molecule has 0 bridgehead atoms. The molecule has 16 rings (SSSR count). The summed E-state index contributed by atoms with van der Waals surface area (Å²) in [5, 5.41) is 16.4. The average Bonchev–Trinajstić information content (AvgIpc) is 1.64. The van der Waals surface area contributed by atoms with E-state index in [-0.39, 0.29) is 73.2 Å². The lowest BCUT2D eigenvalue weighted by Crippen LogP contribution is -2.41. The van der Waals surface area contributed by atoms with E-state index in [0.29, 0.717) is 51.8 Å². The number of amides is 4. The van der Waals surface area contributed by atoms with E-state index in [1.54, 1.807) is 26.8 Å². The van der Waals surface area contributed by atoms with Crippen molar-refractivity contribution in [1.82, 2.24) is 39.5 Å². The van der Waals surface area contributed by atoms with E-state index in [1.165, 1.54) is 34.9 Å². The van der Waals surface area contributed by atoms with Crippen molar-refractivity contribution in [3.63, 3.8) is 0 Å². The molecule has 4 amide bonds. The summed E-state index contributed by atoms with van der Waals surface area (Å²) in [6.45, 7) is 12.0. The number of aryl methyl sites for hydroxylation is 1. The highest BCUT2D eigenvalue weighted by atomic mass is 79.9. The van der Waals surface area contributed by atoms with E-state index in [2.05, 4.69) is 82.1 Å². The van der Waals surface area contributed by atoms with Crippen LogP contribution in [-0.2, 0) is 44.6 Å². The molecule has 4 aliphatic rings. The quantitative estimate of drug-likeness (QED) is 0.0842. The molecule has 8 heterocycles. The SMILES string of the molecule is CC(C)OC(=O)N1CCc2c([nH]c3ccc(Cl)cc23)C1c1ccc(Br)cc1.CC(C)OC(=O)N1CCc2c([nH]c3ccc(Cl)cc23)C1c1ccc(C#N)cc1.COC(=O)N1CCc2c([nH]c3ccc(Cl)cc23)C1c1ccc(Br)cc1.Cc1ccc(C2c3[nH]c4ccc(Cl)cc4c3CCN2C(=O)OCCCl)cc1. The number of alkyl halides is 1. The molecule has 17 nitrogen and oxygen atoms in total. The van der Waals surface area contributed by atoms with Gasteiger partial charge in [-0.25, -0.2) is 19.2 Å². The maximum atomic E-state index is 12.8. The molecule has 4 N–H and O–H groups in total. The lowest BCUT2D eigenvalue weighted by molar-refractivity contribution is 0.0647. The Morgan fingerprint density at radius 3 is 1.03 bits per heavy atom. The number of carbonyl (C=O) groups excluding carboxylic acids is 4. The first kappa shape index (κ1) is 76.1. The lowest BCUT2D eigenvalue weighted by atomic mass is 9.92. The first-order valence-corrected chi connectivity index (χ1v) is 38.8. The first-order chi connectivity index (χ1) is 51.6. The third-order valence-corrected chi connectivity index (χ3v) is 21.7. The molecule has 0 saturated carbocycles. The molecule has 8 aromatic carbocycles. The van der Waals surface area contributed by atoms with E-state index in [9.17, 15) is 19.2 Å². The van der Waals surface area contributed by atoms with Gasteiger partial charge in [-0.05, 0) is 214 Å². The Kier molecular flexibility index (Phi) is 23.6. The van der Waals surface area contributed by atoms with Crippen LogP contribution < -0.4 is 0 Å². The zero-order chi connectivity index (χ0) is 75.5. The minimum absolute atomic E-state index is 0.161. The highest BCUT2D eigenvalue weighted by Gasteiger charge is 2.40. The molecule has 4 aromatic heterocycles. The van der Waals surface area contributed by atoms with Gasteiger partial charge >= 0.3 is 24.4 Å². The number of ether oxygens (including phenoxy) is 4. The van der Waals surface area contributed by atoms with Gasteiger partial charge < -0.3 is 38.9 Å². The molecule has 24 heteroatoms. The van der Waals surface area contributed by atoms with Crippen molar-refractivity contribution in [3.8, 4) is 6.07 Å². The predicted octanol–water partition coefficient (Wildman–Crippen LogP) is 22.0. The van der Waals surface area contributed by atoms with E-state index in [1.807, 2.05) is 173 Å². The topological polar surface area (TPSA) is 205 Å². The second-order valence-corrected chi connectivity index (χ2v) is 31.1. The summed E-state index contributed by atoms with van der Waals surface area (Å²) in [5.74, 6) is 0.283. The van der Waals surface area contributed by atoms with E-state index in [4.69, 9.17) is 82.2 Å². The fourth-order valence-corrected chi connectivity index (χ4v) is 16.2. The Balaban J connectivity index is 0.000000126. The van der Waals surface area contributed by atoms with Gasteiger partial charge in [0.2, 0.25) is 0 Å². The summed E-state index contributed by atoms with van der Waals surface area (Å²) < 4.78 is 23.4. The zero-order valence-corrected chi connectivity index (χ0v) is 66.3. The molecular formula is C83H76Br2Cl5N9O8. The Hall–Kier alpha value is -9.10. The van der Waals surface area contributed by atoms with Crippen LogP contribution in [0.25, 0.3) is 43.6 Å². The third-order valence-electron chi connectivity index (χ3n) is 19.6.